The second-order valence-electron chi connectivity index (χ2n) is 5.65. The number of hydrogen-bond acceptors (Lipinski definition) is 6. The fourth-order valence-electron chi connectivity index (χ4n) is 2.82. The minimum atomic E-state index is -0.168. The van der Waals surface area contributed by atoms with E-state index in [2.05, 4.69) is 6.58 Å². The van der Waals surface area contributed by atoms with Gasteiger partial charge in [0.05, 0.1) is 18.1 Å². The molecule has 0 saturated carbocycles. The first-order valence-corrected chi connectivity index (χ1v) is 7.98. The third-order valence-corrected chi connectivity index (χ3v) is 4.10. The molecule has 0 saturated heterocycles. The van der Waals surface area contributed by atoms with Crippen LogP contribution in [0.4, 0.5) is 0 Å². The maximum absolute atomic E-state index is 13.0. The Kier molecular flexibility index (Phi) is 4.01. The van der Waals surface area contributed by atoms with E-state index in [1.165, 1.54) is 13.4 Å². The average molecular weight is 352 g/mol. The highest BCUT2D eigenvalue weighted by molar-refractivity contribution is 5.85. The maximum Gasteiger partial charge on any atom is 0.231 e. The molecule has 4 rings (SSSR count). The molecular formula is C20H16O6. The van der Waals surface area contributed by atoms with Crippen molar-refractivity contribution in [1.82, 2.24) is 0 Å². The topological polar surface area (TPSA) is 67.1 Å². The van der Waals surface area contributed by atoms with Gasteiger partial charge in [0.15, 0.2) is 23.0 Å². The summed E-state index contributed by atoms with van der Waals surface area (Å²) < 4.78 is 27.3. The predicted octanol–water partition coefficient (Wildman–Crippen LogP) is 3.76. The van der Waals surface area contributed by atoms with Gasteiger partial charge in [0.25, 0.3) is 0 Å². The van der Waals surface area contributed by atoms with Gasteiger partial charge in [-0.1, -0.05) is 18.7 Å². The number of hydrogen-bond donors (Lipinski definition) is 0. The second kappa shape index (κ2) is 6.48. The van der Waals surface area contributed by atoms with Crippen molar-refractivity contribution in [3.8, 4) is 34.1 Å². The molecule has 0 spiro atoms. The van der Waals surface area contributed by atoms with Crippen molar-refractivity contribution < 1.29 is 23.4 Å². The SMILES string of the molecule is C=CCOc1cc2occ(-c3ccc4c(c3)OCO4)c(=O)c2cc1OC. The lowest BCUT2D eigenvalue weighted by Gasteiger charge is -2.11. The van der Waals surface area contributed by atoms with Crippen molar-refractivity contribution in [2.75, 3.05) is 20.5 Å². The highest BCUT2D eigenvalue weighted by atomic mass is 16.7. The van der Waals surface area contributed by atoms with Gasteiger partial charge in [-0.3, -0.25) is 4.79 Å². The number of rotatable bonds is 5. The summed E-state index contributed by atoms with van der Waals surface area (Å²) in [5.74, 6) is 2.20. The van der Waals surface area contributed by atoms with Gasteiger partial charge in [-0.05, 0) is 23.8 Å². The molecule has 0 radical (unpaired) electrons. The van der Waals surface area contributed by atoms with Gasteiger partial charge in [-0.15, -0.1) is 0 Å². The van der Waals surface area contributed by atoms with E-state index in [-0.39, 0.29) is 12.2 Å². The largest absolute Gasteiger partial charge is 0.493 e. The van der Waals surface area contributed by atoms with Crippen LogP contribution in [0.15, 0.2) is 58.5 Å². The fourth-order valence-corrected chi connectivity index (χ4v) is 2.82. The van der Waals surface area contributed by atoms with E-state index in [0.717, 1.165) is 0 Å². The summed E-state index contributed by atoms with van der Waals surface area (Å²) in [7, 11) is 1.52. The summed E-state index contributed by atoms with van der Waals surface area (Å²) >= 11 is 0. The molecule has 1 aliphatic heterocycles. The second-order valence-corrected chi connectivity index (χ2v) is 5.65. The van der Waals surface area contributed by atoms with Crippen molar-refractivity contribution in [1.29, 1.82) is 0 Å². The van der Waals surface area contributed by atoms with Crippen molar-refractivity contribution in [2.24, 2.45) is 0 Å². The molecule has 2 aromatic carbocycles. The van der Waals surface area contributed by atoms with E-state index in [1.807, 2.05) is 0 Å². The third kappa shape index (κ3) is 2.65. The van der Waals surface area contributed by atoms with Gasteiger partial charge in [0.2, 0.25) is 12.2 Å². The highest BCUT2D eigenvalue weighted by Crippen LogP contribution is 2.36. The standard InChI is InChI=1S/C20H16O6/c1-3-6-23-19-9-16-13(8-17(19)22-2)20(21)14(10-24-16)12-4-5-15-18(7-12)26-11-25-15/h3-5,7-10H,1,6,11H2,2H3. The minimum Gasteiger partial charge on any atom is -0.493 e. The smallest absolute Gasteiger partial charge is 0.231 e. The predicted molar refractivity (Wildman–Crippen MR) is 96.3 cm³/mol. The monoisotopic (exact) mass is 352 g/mol. The number of fused-ring (bicyclic) bond motifs is 2. The van der Waals surface area contributed by atoms with E-state index in [9.17, 15) is 4.79 Å². The van der Waals surface area contributed by atoms with Gasteiger partial charge in [0.1, 0.15) is 18.5 Å². The van der Waals surface area contributed by atoms with Gasteiger partial charge in [-0.2, -0.15) is 0 Å². The quantitative estimate of drug-likeness (QED) is 0.651. The average Bonchev–Trinajstić information content (AvgIpc) is 3.14. The van der Waals surface area contributed by atoms with Crippen molar-refractivity contribution in [3.05, 3.63) is 59.5 Å². The van der Waals surface area contributed by atoms with Gasteiger partial charge >= 0.3 is 0 Å². The molecule has 132 valence electrons. The lowest BCUT2D eigenvalue weighted by Crippen LogP contribution is -2.06. The van der Waals surface area contributed by atoms with Crippen LogP contribution in [0.1, 0.15) is 0 Å². The molecule has 0 N–H and O–H groups in total. The van der Waals surface area contributed by atoms with Gasteiger partial charge in [-0.25, -0.2) is 0 Å². The van der Waals surface area contributed by atoms with Crippen LogP contribution >= 0.6 is 0 Å². The van der Waals surface area contributed by atoms with Gasteiger partial charge < -0.3 is 23.4 Å². The maximum atomic E-state index is 13.0. The Morgan fingerprint density at radius 1 is 1.15 bits per heavy atom. The van der Waals surface area contributed by atoms with Crippen LogP contribution in [0.5, 0.6) is 23.0 Å². The summed E-state index contributed by atoms with van der Waals surface area (Å²) in [6, 6.07) is 8.59. The van der Waals surface area contributed by atoms with Crippen molar-refractivity contribution in [3.63, 3.8) is 0 Å². The van der Waals surface area contributed by atoms with E-state index >= 15 is 0 Å². The summed E-state index contributed by atoms with van der Waals surface area (Å²) in [4.78, 5) is 13.0. The summed E-state index contributed by atoms with van der Waals surface area (Å²) in [5, 5.41) is 0.406. The molecular weight excluding hydrogens is 336 g/mol. The summed E-state index contributed by atoms with van der Waals surface area (Å²) in [5.41, 5.74) is 1.37. The molecule has 0 fully saturated rings. The minimum absolute atomic E-state index is 0.168. The Hall–Kier alpha value is -3.41. The Morgan fingerprint density at radius 3 is 2.81 bits per heavy atom. The van der Waals surface area contributed by atoms with Crippen LogP contribution in [-0.2, 0) is 0 Å². The van der Waals surface area contributed by atoms with Crippen LogP contribution in [0, 0.1) is 0 Å². The Labute approximate surface area is 149 Å². The fraction of sp³-hybridized carbons (Fsp3) is 0.150. The highest BCUT2D eigenvalue weighted by Gasteiger charge is 2.18. The number of ether oxygens (including phenoxy) is 4. The Bertz CT molecular complexity index is 1050. The molecule has 3 aromatic rings. The van der Waals surface area contributed by atoms with Crippen LogP contribution < -0.4 is 24.4 Å². The zero-order chi connectivity index (χ0) is 18.1. The molecule has 26 heavy (non-hydrogen) atoms. The summed E-state index contributed by atoms with van der Waals surface area (Å²) in [6.07, 6.45) is 3.06. The molecule has 1 aromatic heterocycles. The Morgan fingerprint density at radius 2 is 2.00 bits per heavy atom. The van der Waals surface area contributed by atoms with Crippen molar-refractivity contribution in [2.45, 2.75) is 0 Å². The van der Waals surface area contributed by atoms with E-state index < -0.39 is 0 Å². The lowest BCUT2D eigenvalue weighted by atomic mass is 10.0. The van der Waals surface area contributed by atoms with Crippen LogP contribution in [0.3, 0.4) is 0 Å². The molecule has 0 amide bonds. The first-order valence-electron chi connectivity index (χ1n) is 7.98. The van der Waals surface area contributed by atoms with Crippen LogP contribution in [-0.4, -0.2) is 20.5 Å². The molecule has 0 unspecified atom stereocenters. The van der Waals surface area contributed by atoms with Crippen molar-refractivity contribution >= 4 is 11.0 Å². The molecule has 0 aliphatic carbocycles. The van der Waals surface area contributed by atoms with E-state index in [0.29, 0.717) is 51.7 Å². The van der Waals surface area contributed by atoms with Crippen LogP contribution in [0.25, 0.3) is 22.1 Å². The van der Waals surface area contributed by atoms with Crippen LogP contribution in [0.2, 0.25) is 0 Å². The number of methoxy groups -OCH3 is 1. The summed E-state index contributed by atoms with van der Waals surface area (Å²) in [6.45, 7) is 4.12. The third-order valence-electron chi connectivity index (χ3n) is 4.10. The zero-order valence-electron chi connectivity index (χ0n) is 14.1. The molecule has 0 bridgehead atoms. The molecule has 6 heteroatoms. The van der Waals surface area contributed by atoms with E-state index in [1.54, 1.807) is 36.4 Å². The normalized spacial score (nSPS) is 12.2. The zero-order valence-corrected chi connectivity index (χ0v) is 14.1. The molecule has 6 nitrogen and oxygen atoms in total. The first kappa shape index (κ1) is 16.1. The van der Waals surface area contributed by atoms with E-state index in [4.69, 9.17) is 23.4 Å². The Balaban J connectivity index is 1.84. The lowest BCUT2D eigenvalue weighted by molar-refractivity contribution is 0.174. The van der Waals surface area contributed by atoms with Gasteiger partial charge in [0, 0.05) is 6.07 Å². The number of benzene rings is 2. The molecule has 0 atom stereocenters. The molecule has 2 heterocycles. The first-order chi connectivity index (χ1) is 12.7. The molecule has 1 aliphatic rings.